The maximum atomic E-state index is 12.4. The molecule has 25 heavy (non-hydrogen) atoms. The molecule has 1 amide bonds. The Morgan fingerprint density at radius 3 is 2.64 bits per heavy atom. The van der Waals surface area contributed by atoms with Gasteiger partial charge in [0, 0.05) is 6.07 Å². The molecule has 0 aromatic heterocycles. The monoisotopic (exact) mass is 348 g/mol. The number of halogens is 2. The van der Waals surface area contributed by atoms with Gasteiger partial charge in [-0.3, -0.25) is 4.79 Å². The van der Waals surface area contributed by atoms with E-state index in [0.29, 0.717) is 11.3 Å². The first kappa shape index (κ1) is 18.0. The van der Waals surface area contributed by atoms with Gasteiger partial charge in [-0.05, 0) is 24.3 Å². The van der Waals surface area contributed by atoms with Crippen molar-refractivity contribution in [2.45, 2.75) is 6.61 Å². The Kier molecular flexibility index (Phi) is 6.12. The molecular weight excluding hydrogens is 334 g/mol. The van der Waals surface area contributed by atoms with Crippen LogP contribution in [0.4, 0.5) is 14.5 Å². The van der Waals surface area contributed by atoms with Crippen LogP contribution in [0.5, 0.6) is 17.2 Å². The van der Waals surface area contributed by atoms with E-state index in [9.17, 15) is 13.6 Å². The van der Waals surface area contributed by atoms with Crippen molar-refractivity contribution in [1.29, 1.82) is 5.26 Å². The van der Waals surface area contributed by atoms with Crippen molar-refractivity contribution in [2.75, 3.05) is 19.0 Å². The Morgan fingerprint density at radius 2 is 1.96 bits per heavy atom. The van der Waals surface area contributed by atoms with E-state index in [1.165, 1.54) is 43.5 Å². The molecule has 0 heterocycles. The lowest BCUT2D eigenvalue weighted by Gasteiger charge is -2.13. The molecule has 1 N–H and O–H groups in total. The molecule has 2 aromatic rings. The number of benzene rings is 2. The van der Waals surface area contributed by atoms with Crippen LogP contribution < -0.4 is 19.5 Å². The molecule has 0 fully saturated rings. The number of nitrogens with zero attached hydrogens (tertiary/aromatic N) is 1. The number of hydrogen-bond donors (Lipinski definition) is 1. The van der Waals surface area contributed by atoms with Crippen molar-refractivity contribution in [1.82, 2.24) is 0 Å². The standard InChI is InChI=1S/C17H14F2N2O4/c1-23-15-8-11(9-20)6-7-14(15)24-10-16(22)21-12-4-2-3-5-13(12)25-17(18)19/h2-8,17H,10H2,1H3,(H,21,22). The van der Waals surface area contributed by atoms with Gasteiger partial charge < -0.3 is 19.5 Å². The van der Waals surface area contributed by atoms with E-state index in [-0.39, 0.29) is 23.8 Å². The highest BCUT2D eigenvalue weighted by atomic mass is 19.3. The second-order valence-electron chi connectivity index (χ2n) is 4.69. The average Bonchev–Trinajstić information content (AvgIpc) is 2.61. The minimum atomic E-state index is -3.00. The average molecular weight is 348 g/mol. The molecule has 0 aliphatic heterocycles. The van der Waals surface area contributed by atoms with Crippen LogP contribution in [0, 0.1) is 11.3 Å². The molecule has 2 rings (SSSR count). The molecule has 0 spiro atoms. The van der Waals surface area contributed by atoms with Crippen LogP contribution in [0.15, 0.2) is 42.5 Å². The second kappa shape index (κ2) is 8.49. The van der Waals surface area contributed by atoms with E-state index < -0.39 is 12.5 Å². The summed E-state index contributed by atoms with van der Waals surface area (Å²) in [6, 6.07) is 12.3. The van der Waals surface area contributed by atoms with Gasteiger partial charge in [0.1, 0.15) is 5.75 Å². The number of ether oxygens (including phenoxy) is 3. The minimum Gasteiger partial charge on any atom is -0.493 e. The van der Waals surface area contributed by atoms with Crippen molar-refractivity contribution >= 4 is 11.6 Å². The van der Waals surface area contributed by atoms with E-state index in [0.717, 1.165) is 0 Å². The molecule has 0 atom stereocenters. The molecular formula is C17H14F2N2O4. The second-order valence-corrected chi connectivity index (χ2v) is 4.69. The topological polar surface area (TPSA) is 80.6 Å². The van der Waals surface area contributed by atoms with Crippen LogP contribution in [-0.4, -0.2) is 26.2 Å². The summed E-state index contributed by atoms with van der Waals surface area (Å²) < 4.78 is 39.5. The first-order valence-corrected chi connectivity index (χ1v) is 7.08. The molecule has 0 aliphatic rings. The van der Waals surface area contributed by atoms with Crippen LogP contribution in [-0.2, 0) is 4.79 Å². The summed E-state index contributed by atoms with van der Waals surface area (Å²) in [5.74, 6) is -0.152. The third kappa shape index (κ3) is 5.07. The minimum absolute atomic E-state index is 0.100. The van der Waals surface area contributed by atoms with Crippen molar-refractivity contribution in [3.63, 3.8) is 0 Å². The molecule has 0 saturated carbocycles. The lowest BCUT2D eigenvalue weighted by molar-refractivity contribution is -0.118. The fraction of sp³-hybridized carbons (Fsp3) is 0.176. The Hall–Kier alpha value is -3.34. The quantitative estimate of drug-likeness (QED) is 0.831. The third-order valence-corrected chi connectivity index (χ3v) is 3.03. The molecule has 6 nitrogen and oxygen atoms in total. The van der Waals surface area contributed by atoms with Gasteiger partial charge in [-0.15, -0.1) is 0 Å². The lowest BCUT2D eigenvalue weighted by atomic mass is 10.2. The number of nitriles is 1. The Bertz CT molecular complexity index is 790. The highest BCUT2D eigenvalue weighted by Gasteiger charge is 2.13. The summed E-state index contributed by atoms with van der Waals surface area (Å²) in [6.45, 7) is -3.39. The van der Waals surface area contributed by atoms with Gasteiger partial charge in [-0.1, -0.05) is 12.1 Å². The Morgan fingerprint density at radius 1 is 1.20 bits per heavy atom. The van der Waals surface area contributed by atoms with Gasteiger partial charge in [0.25, 0.3) is 5.91 Å². The molecule has 0 bridgehead atoms. The number of carbonyl (C=O) groups excluding carboxylic acids is 1. The van der Waals surface area contributed by atoms with E-state index in [2.05, 4.69) is 10.1 Å². The van der Waals surface area contributed by atoms with E-state index >= 15 is 0 Å². The number of methoxy groups -OCH3 is 1. The summed E-state index contributed by atoms with van der Waals surface area (Å²) in [5.41, 5.74) is 0.481. The SMILES string of the molecule is COc1cc(C#N)ccc1OCC(=O)Nc1ccccc1OC(F)F. The van der Waals surface area contributed by atoms with Crippen molar-refractivity contribution < 1.29 is 27.8 Å². The lowest BCUT2D eigenvalue weighted by Crippen LogP contribution is -2.21. The molecule has 0 radical (unpaired) electrons. The van der Waals surface area contributed by atoms with Crippen LogP contribution in [0.25, 0.3) is 0 Å². The molecule has 130 valence electrons. The number of anilines is 1. The van der Waals surface area contributed by atoms with E-state index in [1.807, 2.05) is 6.07 Å². The predicted molar refractivity (Wildman–Crippen MR) is 84.9 cm³/mol. The van der Waals surface area contributed by atoms with Crippen LogP contribution >= 0.6 is 0 Å². The zero-order valence-corrected chi connectivity index (χ0v) is 13.2. The number of alkyl halides is 2. The molecule has 0 aliphatic carbocycles. The maximum absolute atomic E-state index is 12.4. The number of carbonyl (C=O) groups is 1. The summed E-state index contributed by atoms with van der Waals surface area (Å²) in [7, 11) is 1.40. The van der Waals surface area contributed by atoms with E-state index in [1.54, 1.807) is 6.07 Å². The summed E-state index contributed by atoms with van der Waals surface area (Å²) in [4.78, 5) is 12.0. The normalized spacial score (nSPS) is 10.0. The van der Waals surface area contributed by atoms with Crippen LogP contribution in [0.1, 0.15) is 5.56 Å². The fourth-order valence-corrected chi connectivity index (χ4v) is 1.95. The zero-order chi connectivity index (χ0) is 18.2. The van der Waals surface area contributed by atoms with Crippen molar-refractivity contribution in [2.24, 2.45) is 0 Å². The van der Waals surface area contributed by atoms with Crippen LogP contribution in [0.3, 0.4) is 0 Å². The Balaban J connectivity index is 2.01. The van der Waals surface area contributed by atoms with E-state index in [4.69, 9.17) is 14.7 Å². The summed E-state index contributed by atoms with van der Waals surface area (Å²) in [6.07, 6.45) is 0. The van der Waals surface area contributed by atoms with Gasteiger partial charge in [-0.25, -0.2) is 0 Å². The summed E-state index contributed by atoms with van der Waals surface area (Å²) >= 11 is 0. The Labute approximate surface area is 142 Å². The fourth-order valence-electron chi connectivity index (χ4n) is 1.95. The van der Waals surface area contributed by atoms with Gasteiger partial charge in [0.2, 0.25) is 0 Å². The highest BCUT2D eigenvalue weighted by Crippen LogP contribution is 2.28. The molecule has 0 saturated heterocycles. The first-order chi connectivity index (χ1) is 12.0. The molecule has 2 aromatic carbocycles. The number of hydrogen-bond acceptors (Lipinski definition) is 5. The van der Waals surface area contributed by atoms with Crippen LogP contribution in [0.2, 0.25) is 0 Å². The predicted octanol–water partition coefficient (Wildman–Crippen LogP) is 3.19. The number of rotatable bonds is 7. The number of nitrogens with one attached hydrogen (secondary N) is 1. The van der Waals surface area contributed by atoms with Gasteiger partial charge >= 0.3 is 6.61 Å². The molecule has 8 heteroatoms. The van der Waals surface area contributed by atoms with Gasteiger partial charge in [-0.2, -0.15) is 14.0 Å². The van der Waals surface area contributed by atoms with Gasteiger partial charge in [0.15, 0.2) is 18.1 Å². The third-order valence-electron chi connectivity index (χ3n) is 3.03. The maximum Gasteiger partial charge on any atom is 0.387 e. The first-order valence-electron chi connectivity index (χ1n) is 7.08. The van der Waals surface area contributed by atoms with Gasteiger partial charge in [0.05, 0.1) is 24.4 Å². The number of para-hydroxylation sites is 2. The summed E-state index contributed by atoms with van der Waals surface area (Å²) in [5, 5.41) is 11.3. The zero-order valence-electron chi connectivity index (χ0n) is 13.2. The largest absolute Gasteiger partial charge is 0.493 e. The highest BCUT2D eigenvalue weighted by molar-refractivity contribution is 5.93. The molecule has 0 unspecified atom stereocenters. The number of amides is 1. The van der Waals surface area contributed by atoms with Crippen molar-refractivity contribution in [3.05, 3.63) is 48.0 Å². The smallest absolute Gasteiger partial charge is 0.387 e. The van der Waals surface area contributed by atoms with Crippen molar-refractivity contribution in [3.8, 4) is 23.3 Å².